The molecule has 0 rings (SSSR count). The smallest absolute Gasteiger partial charge is 0.126 e. The van der Waals surface area contributed by atoms with Gasteiger partial charge >= 0.3 is 0 Å². The first-order valence-electron chi connectivity index (χ1n) is 26.9. The first kappa shape index (κ1) is 199. The van der Waals surface area contributed by atoms with Crippen molar-refractivity contribution in [3.63, 3.8) is 0 Å². The highest BCUT2D eigenvalue weighted by atomic mass is 33.1. The van der Waals surface area contributed by atoms with E-state index in [1.807, 2.05) is 274 Å². The lowest BCUT2D eigenvalue weighted by Crippen LogP contribution is -1.69. The molecular formula is C56H167N3O3S6. The van der Waals surface area contributed by atoms with E-state index in [0.717, 1.165) is 0 Å². The zero-order chi connectivity index (χ0) is 65.6. The highest BCUT2D eigenvalue weighted by Gasteiger charge is 1.63. The van der Waals surface area contributed by atoms with Crippen molar-refractivity contribution in [1.82, 2.24) is 0 Å². The van der Waals surface area contributed by atoms with Gasteiger partial charge in [0.1, 0.15) is 17.3 Å². The molecule has 0 aliphatic heterocycles. The lowest BCUT2D eigenvalue weighted by Gasteiger charge is -1.69. The molecule has 0 unspecified atom stereocenters. The van der Waals surface area contributed by atoms with Gasteiger partial charge in [-0.1, -0.05) is 271 Å². The van der Waals surface area contributed by atoms with Crippen LogP contribution in [0.15, 0.2) is 0 Å². The van der Waals surface area contributed by atoms with E-state index in [0.29, 0.717) is 0 Å². The maximum absolute atomic E-state index is 9.44. The zero-order valence-corrected chi connectivity index (χ0v) is 65.0. The van der Waals surface area contributed by atoms with Gasteiger partial charge in [-0.25, -0.2) is 0 Å². The average Bonchev–Trinajstić information content (AvgIpc) is 3.47. The van der Waals surface area contributed by atoms with Gasteiger partial charge in [0.2, 0.25) is 0 Å². The number of thioether (sulfide) groups is 2. The molecule has 0 aliphatic carbocycles. The molecule has 0 aromatic rings. The van der Waals surface area contributed by atoms with Crippen LogP contribution in [0, 0.1) is 0 Å². The summed E-state index contributed by atoms with van der Waals surface area (Å²) < 4.78 is 0. The Balaban J connectivity index is -0.00000000863. The topological polar surface area (TPSA) is 129 Å². The zero-order valence-electron chi connectivity index (χ0n) is 60.0. The van der Waals surface area contributed by atoms with Gasteiger partial charge in [-0.3, -0.25) is 0 Å². The van der Waals surface area contributed by atoms with Gasteiger partial charge in [-0.05, 0) is 113 Å². The number of carbonyl (C=O) groups is 3. The third kappa shape index (κ3) is 73700. The van der Waals surface area contributed by atoms with Gasteiger partial charge in [0, 0.05) is 0 Å². The van der Waals surface area contributed by atoms with Crippen LogP contribution >= 0.6 is 70.4 Å². The SMILES string of the molecule is CC.CC.CC.CC.CC.CC.CC.CC.CC.CC.CC.CC.CC.CC.CC.CC.CC.CC.CC(C)=O.CC(C)=O.CC(C)=O.CN.CN.CN.CS.CS.CSC.CSC.CSSC. The number of thiol groups is 2. The van der Waals surface area contributed by atoms with Crippen LogP contribution in [-0.2, 0) is 14.4 Å². The van der Waals surface area contributed by atoms with Crippen LogP contribution < -0.4 is 17.2 Å². The first-order chi connectivity index (χ1) is 32.9. The Morgan fingerprint density at radius 3 is 0.235 bits per heavy atom. The van der Waals surface area contributed by atoms with E-state index in [4.69, 9.17) is 0 Å². The van der Waals surface area contributed by atoms with Gasteiger partial charge < -0.3 is 31.6 Å². The number of hydrogen-bond acceptors (Lipinski definition) is 12. The van der Waals surface area contributed by atoms with Crippen LogP contribution in [0.3, 0.4) is 0 Å². The Morgan fingerprint density at radius 2 is 0.235 bits per heavy atom. The van der Waals surface area contributed by atoms with Crippen molar-refractivity contribution < 1.29 is 14.4 Å². The highest BCUT2D eigenvalue weighted by Crippen LogP contribution is 2.09. The summed E-state index contributed by atoms with van der Waals surface area (Å²) in [5.74, 6) is 0.500. The van der Waals surface area contributed by atoms with Crippen molar-refractivity contribution in [2.75, 3.05) is 71.2 Å². The van der Waals surface area contributed by atoms with Gasteiger partial charge in [-0.15, -0.1) is 0 Å². The maximum atomic E-state index is 9.44. The van der Waals surface area contributed by atoms with E-state index in [1.54, 1.807) is 57.6 Å². The summed E-state index contributed by atoms with van der Waals surface area (Å²) in [4.78, 5) is 28.3. The maximum Gasteiger partial charge on any atom is 0.126 e. The third-order valence-corrected chi connectivity index (χ3v) is 1.50. The molecule has 0 aliphatic rings. The second-order valence-electron chi connectivity index (χ2n) is 3.87. The summed E-state index contributed by atoms with van der Waals surface area (Å²) in [7, 11) is 8.05. The van der Waals surface area contributed by atoms with Crippen LogP contribution in [0.25, 0.3) is 0 Å². The second kappa shape index (κ2) is 1560. The van der Waals surface area contributed by atoms with E-state index >= 15 is 0 Å². The number of ketones is 3. The van der Waals surface area contributed by atoms with Gasteiger partial charge in [0.25, 0.3) is 0 Å². The van der Waals surface area contributed by atoms with Gasteiger partial charge in [-0.2, -0.15) is 48.8 Å². The molecule has 6 nitrogen and oxygen atoms in total. The van der Waals surface area contributed by atoms with Crippen molar-refractivity contribution in [1.29, 1.82) is 0 Å². The number of rotatable bonds is 1. The quantitative estimate of drug-likeness (QED) is 0.128. The Hall–Kier alpha value is 0.990. The lowest BCUT2D eigenvalue weighted by atomic mass is 10.6. The van der Waals surface area contributed by atoms with Crippen molar-refractivity contribution in [2.45, 2.75) is 291 Å². The molecule has 0 aromatic heterocycles. The van der Waals surface area contributed by atoms with Gasteiger partial charge in [0.05, 0.1) is 0 Å². The van der Waals surface area contributed by atoms with E-state index in [2.05, 4.69) is 55.0 Å². The fraction of sp³-hybridized carbons (Fsp3) is 0.946. The van der Waals surface area contributed by atoms with Gasteiger partial charge in [0.15, 0.2) is 0 Å². The number of Topliss-reactive ketones (excluding diaryl/α,β-unsaturated/α-hetero) is 3. The third-order valence-electron chi connectivity index (χ3n) is 0.167. The Labute approximate surface area is 478 Å². The molecule has 0 heterocycles. The molecule has 0 saturated heterocycles. The minimum Gasteiger partial charge on any atom is -0.333 e. The summed E-state index contributed by atoms with van der Waals surface area (Å²) >= 11 is 10.6. The van der Waals surface area contributed by atoms with E-state index < -0.39 is 0 Å². The molecule has 0 radical (unpaired) electrons. The number of carbonyl (C=O) groups excluding carboxylic acids is 3. The molecule has 12 heteroatoms. The average molecular weight is 1120 g/mol. The molecule has 460 valence electrons. The van der Waals surface area contributed by atoms with Crippen molar-refractivity contribution in [3.05, 3.63) is 0 Å². The molecule has 0 spiro atoms. The Bertz CT molecular complexity index is 203. The minimum absolute atomic E-state index is 0.167. The lowest BCUT2D eigenvalue weighted by molar-refractivity contribution is -0.115. The Morgan fingerprint density at radius 1 is 0.221 bits per heavy atom. The summed E-state index contributed by atoms with van der Waals surface area (Å²) in [6.45, 7) is 81.2. The molecule has 0 fully saturated rings. The molecule has 0 saturated carbocycles. The Kier molecular flexibility index (Phi) is 4570. The van der Waals surface area contributed by atoms with Crippen LogP contribution in [0.5, 0.6) is 0 Å². The standard InChI is InChI=1S/3C3H6O.C2H6S2.2C2H6S.18C2H6.3CH5N.2CH4S/c3*1-3(2)4;1-3-4-2;2*1-3-2;23*1-2/h4*1-2H3;2*1-2H3;18*1-2H3;3*2H2,1H3;2*2H,1H3. The molecule has 68 heavy (non-hydrogen) atoms. The van der Waals surface area contributed by atoms with Crippen molar-refractivity contribution in [3.8, 4) is 0 Å². The second-order valence-corrected chi connectivity index (χ2v) is 8.17. The molecule has 0 atom stereocenters. The predicted molar refractivity (Wildman–Crippen MR) is 379 cm³/mol. The summed E-state index contributed by atoms with van der Waals surface area (Å²) in [6, 6.07) is 0. The number of nitrogens with two attached hydrogens (primary N) is 3. The monoisotopic (exact) mass is 1120 g/mol. The van der Waals surface area contributed by atoms with Crippen LogP contribution in [0.2, 0.25) is 0 Å². The summed E-state index contributed by atoms with van der Waals surface area (Å²) in [5.41, 5.74) is 13.5. The molecule has 0 amide bonds. The van der Waals surface area contributed by atoms with Crippen LogP contribution in [0.4, 0.5) is 0 Å². The fourth-order valence-corrected chi connectivity index (χ4v) is 0. The van der Waals surface area contributed by atoms with Crippen LogP contribution in [0.1, 0.15) is 291 Å². The summed E-state index contributed by atoms with van der Waals surface area (Å²) in [5, 5.41) is 0. The van der Waals surface area contributed by atoms with Crippen molar-refractivity contribution >= 4 is 87.7 Å². The van der Waals surface area contributed by atoms with E-state index in [-0.39, 0.29) is 17.3 Å². The fourth-order valence-electron chi connectivity index (χ4n) is 0. The highest BCUT2D eigenvalue weighted by molar-refractivity contribution is 8.76. The molecule has 0 aromatic carbocycles. The summed E-state index contributed by atoms with van der Waals surface area (Å²) in [6.07, 6.45) is 15.7. The minimum atomic E-state index is 0.167. The predicted octanol–water partition coefficient (Wildman–Crippen LogP) is 23.7. The number of hydrogen-bond donors (Lipinski definition) is 5. The molecular weight excluding hydrogens is 955 g/mol. The normalized spacial score (nSPS) is 4.15. The van der Waals surface area contributed by atoms with Crippen molar-refractivity contribution in [2.24, 2.45) is 17.2 Å². The van der Waals surface area contributed by atoms with E-state index in [1.165, 1.54) is 62.7 Å². The van der Waals surface area contributed by atoms with Crippen LogP contribution in [-0.4, -0.2) is 88.5 Å². The molecule has 0 bridgehead atoms. The van der Waals surface area contributed by atoms with E-state index in [9.17, 15) is 14.4 Å². The first-order valence-corrected chi connectivity index (χ1v) is 34.9. The largest absolute Gasteiger partial charge is 0.333 e. The molecule has 6 N–H and O–H groups in total.